The molecule has 1 aliphatic heterocycles. The van der Waals surface area contributed by atoms with Gasteiger partial charge in [-0.2, -0.15) is 0 Å². The van der Waals surface area contributed by atoms with E-state index in [1.807, 2.05) is 42.5 Å². The Morgan fingerprint density at radius 1 is 1.09 bits per heavy atom. The lowest BCUT2D eigenvalue weighted by atomic mass is 10.1. The Morgan fingerprint density at radius 3 is 2.58 bits per heavy atom. The summed E-state index contributed by atoms with van der Waals surface area (Å²) in [5, 5.41) is 9.65. The van der Waals surface area contributed by atoms with Crippen molar-refractivity contribution in [2.45, 2.75) is 13.5 Å². The van der Waals surface area contributed by atoms with Crippen LogP contribution in [0.2, 0.25) is 0 Å². The molecule has 0 aromatic heterocycles. The fourth-order valence-corrected chi connectivity index (χ4v) is 4.24. The number of carbonyl (C=O) groups excluding carboxylic acids is 1. The standard InChI is InChI=1S/C26H22N2O4S/c1-17-5-3-6-19(13-17)16-32-22-11-9-18(10-12-22)14-23-24(29)28(2)26(33-23)27-21-8-4-7-20(15-21)25(30)31/h3-15H,16H2,1-2H3,(H,30,31). The molecule has 0 spiro atoms. The Morgan fingerprint density at radius 2 is 1.85 bits per heavy atom. The van der Waals surface area contributed by atoms with Crippen LogP contribution in [0.15, 0.2) is 82.7 Å². The van der Waals surface area contributed by atoms with E-state index < -0.39 is 5.97 Å². The summed E-state index contributed by atoms with van der Waals surface area (Å²) in [6.07, 6.45) is 1.81. The molecule has 0 unspecified atom stereocenters. The second-order valence-corrected chi connectivity index (χ2v) is 8.58. The Hall–Kier alpha value is -3.84. The van der Waals surface area contributed by atoms with E-state index in [0.29, 0.717) is 22.4 Å². The van der Waals surface area contributed by atoms with Gasteiger partial charge in [0.2, 0.25) is 0 Å². The fourth-order valence-electron chi connectivity index (χ4n) is 3.25. The number of nitrogens with zero attached hydrogens (tertiary/aromatic N) is 2. The maximum absolute atomic E-state index is 12.7. The minimum Gasteiger partial charge on any atom is -0.489 e. The number of amidine groups is 1. The third-order valence-corrected chi connectivity index (χ3v) is 6.05. The number of aliphatic imine (C=N–C) groups is 1. The molecule has 1 saturated heterocycles. The van der Waals surface area contributed by atoms with Gasteiger partial charge in [-0.05, 0) is 66.2 Å². The number of benzene rings is 3. The van der Waals surface area contributed by atoms with Gasteiger partial charge in [-0.1, -0.05) is 48.0 Å². The normalized spacial score (nSPS) is 15.9. The van der Waals surface area contributed by atoms with Crippen LogP contribution in [-0.2, 0) is 11.4 Å². The molecule has 4 rings (SSSR count). The van der Waals surface area contributed by atoms with E-state index in [1.54, 1.807) is 19.2 Å². The summed E-state index contributed by atoms with van der Waals surface area (Å²) in [6.45, 7) is 2.54. The second kappa shape index (κ2) is 9.75. The lowest BCUT2D eigenvalue weighted by Gasteiger charge is -2.07. The van der Waals surface area contributed by atoms with E-state index in [4.69, 9.17) is 9.84 Å². The quantitative estimate of drug-likeness (QED) is 0.493. The number of thioether (sulfide) groups is 1. The van der Waals surface area contributed by atoms with Crippen molar-refractivity contribution in [2.75, 3.05) is 7.05 Å². The number of aromatic carboxylic acids is 1. The van der Waals surface area contributed by atoms with Gasteiger partial charge in [-0.25, -0.2) is 9.79 Å². The molecule has 6 nitrogen and oxygen atoms in total. The molecule has 0 atom stereocenters. The van der Waals surface area contributed by atoms with Crippen LogP contribution < -0.4 is 4.74 Å². The number of hydrogen-bond donors (Lipinski definition) is 1. The largest absolute Gasteiger partial charge is 0.489 e. The number of ether oxygens (including phenoxy) is 1. The molecule has 166 valence electrons. The number of aryl methyl sites for hydroxylation is 1. The summed E-state index contributed by atoms with van der Waals surface area (Å²) >= 11 is 1.25. The van der Waals surface area contributed by atoms with E-state index in [2.05, 4.69) is 24.0 Å². The summed E-state index contributed by atoms with van der Waals surface area (Å²) in [5.41, 5.74) is 3.80. The van der Waals surface area contributed by atoms with Crippen LogP contribution in [0.3, 0.4) is 0 Å². The predicted octanol–water partition coefficient (Wildman–Crippen LogP) is 5.51. The van der Waals surface area contributed by atoms with E-state index >= 15 is 0 Å². The minimum absolute atomic E-state index is 0.147. The molecule has 0 aliphatic carbocycles. The number of carboxylic acids is 1. The highest BCUT2D eigenvalue weighted by Crippen LogP contribution is 2.33. The fraction of sp³-hybridized carbons (Fsp3) is 0.115. The first kappa shape index (κ1) is 22.4. The van der Waals surface area contributed by atoms with Crippen LogP contribution in [0.1, 0.15) is 27.0 Å². The average molecular weight is 459 g/mol. The number of likely N-dealkylation sites (N-methyl/N-ethyl adjacent to an activating group) is 1. The monoisotopic (exact) mass is 458 g/mol. The van der Waals surface area contributed by atoms with Gasteiger partial charge in [0.15, 0.2) is 5.17 Å². The number of rotatable bonds is 6. The number of hydrogen-bond acceptors (Lipinski definition) is 5. The molecular formula is C26H22N2O4S. The van der Waals surface area contributed by atoms with E-state index in [0.717, 1.165) is 16.9 Å². The highest BCUT2D eigenvalue weighted by Gasteiger charge is 2.30. The molecule has 1 fully saturated rings. The van der Waals surface area contributed by atoms with Crippen LogP contribution >= 0.6 is 11.8 Å². The molecule has 3 aromatic carbocycles. The molecule has 1 N–H and O–H groups in total. The summed E-state index contributed by atoms with van der Waals surface area (Å²) < 4.78 is 5.86. The smallest absolute Gasteiger partial charge is 0.335 e. The van der Waals surface area contributed by atoms with Gasteiger partial charge >= 0.3 is 5.97 Å². The lowest BCUT2D eigenvalue weighted by Crippen LogP contribution is -2.23. The third-order valence-electron chi connectivity index (χ3n) is 4.99. The van der Waals surface area contributed by atoms with Crippen molar-refractivity contribution in [1.82, 2.24) is 4.90 Å². The minimum atomic E-state index is -1.02. The van der Waals surface area contributed by atoms with E-state index in [1.165, 1.54) is 34.4 Å². The topological polar surface area (TPSA) is 79.2 Å². The molecule has 1 heterocycles. The van der Waals surface area contributed by atoms with Gasteiger partial charge in [0.1, 0.15) is 12.4 Å². The molecule has 1 aliphatic rings. The summed E-state index contributed by atoms with van der Waals surface area (Å²) in [4.78, 5) is 30.3. The summed E-state index contributed by atoms with van der Waals surface area (Å²) in [6, 6.07) is 22.1. The Bertz CT molecular complexity index is 1270. The molecular weight excluding hydrogens is 436 g/mol. The van der Waals surface area contributed by atoms with Crippen LogP contribution in [0.4, 0.5) is 5.69 Å². The van der Waals surface area contributed by atoms with Gasteiger partial charge in [0.25, 0.3) is 5.91 Å². The predicted molar refractivity (Wildman–Crippen MR) is 131 cm³/mol. The second-order valence-electron chi connectivity index (χ2n) is 7.57. The third kappa shape index (κ3) is 5.51. The van der Waals surface area contributed by atoms with Gasteiger partial charge in [-0.3, -0.25) is 9.69 Å². The average Bonchev–Trinajstić information content (AvgIpc) is 3.06. The van der Waals surface area contributed by atoms with Gasteiger partial charge in [0.05, 0.1) is 16.2 Å². The number of carbonyl (C=O) groups is 2. The lowest BCUT2D eigenvalue weighted by molar-refractivity contribution is -0.121. The van der Waals surface area contributed by atoms with Crippen molar-refractivity contribution in [3.63, 3.8) is 0 Å². The zero-order valence-corrected chi connectivity index (χ0v) is 19.0. The van der Waals surface area contributed by atoms with E-state index in [-0.39, 0.29) is 11.5 Å². The maximum atomic E-state index is 12.7. The first-order valence-corrected chi connectivity index (χ1v) is 11.1. The molecule has 0 saturated carbocycles. The molecule has 0 bridgehead atoms. The van der Waals surface area contributed by atoms with Crippen molar-refractivity contribution in [1.29, 1.82) is 0 Å². The molecule has 7 heteroatoms. The van der Waals surface area contributed by atoms with Crippen molar-refractivity contribution < 1.29 is 19.4 Å². The maximum Gasteiger partial charge on any atom is 0.335 e. The van der Waals surface area contributed by atoms with Crippen LogP contribution in [-0.4, -0.2) is 34.1 Å². The zero-order valence-electron chi connectivity index (χ0n) is 18.2. The van der Waals surface area contributed by atoms with Crippen molar-refractivity contribution in [3.8, 4) is 5.75 Å². The van der Waals surface area contributed by atoms with Gasteiger partial charge in [0, 0.05) is 7.05 Å². The van der Waals surface area contributed by atoms with E-state index in [9.17, 15) is 9.59 Å². The van der Waals surface area contributed by atoms with Crippen molar-refractivity contribution in [2.24, 2.45) is 4.99 Å². The van der Waals surface area contributed by atoms with Crippen LogP contribution in [0, 0.1) is 6.92 Å². The SMILES string of the molecule is Cc1cccc(COc2ccc(C=C3SC(=Nc4cccc(C(=O)O)c4)N(C)C3=O)cc2)c1. The summed E-state index contributed by atoms with van der Waals surface area (Å²) in [5.74, 6) is -0.429. The van der Waals surface area contributed by atoms with Gasteiger partial charge < -0.3 is 9.84 Å². The molecule has 0 radical (unpaired) electrons. The highest BCUT2D eigenvalue weighted by molar-refractivity contribution is 8.18. The van der Waals surface area contributed by atoms with Gasteiger partial charge in [-0.15, -0.1) is 0 Å². The van der Waals surface area contributed by atoms with Crippen molar-refractivity contribution in [3.05, 3.63) is 100.0 Å². The number of carboxylic acid groups (broad SMARTS) is 1. The Balaban J connectivity index is 1.46. The highest BCUT2D eigenvalue weighted by atomic mass is 32.2. The molecule has 33 heavy (non-hydrogen) atoms. The first-order chi connectivity index (χ1) is 15.9. The Labute approximate surface area is 196 Å². The van der Waals surface area contributed by atoms with Crippen LogP contribution in [0.25, 0.3) is 6.08 Å². The van der Waals surface area contributed by atoms with Crippen LogP contribution in [0.5, 0.6) is 5.75 Å². The van der Waals surface area contributed by atoms with Crippen molar-refractivity contribution >= 4 is 40.6 Å². The zero-order chi connectivity index (χ0) is 23.4. The number of amides is 1. The first-order valence-electron chi connectivity index (χ1n) is 10.3. The molecule has 3 aromatic rings. The molecule has 1 amide bonds. The summed E-state index contributed by atoms with van der Waals surface area (Å²) in [7, 11) is 1.65. The Kier molecular flexibility index (Phi) is 6.60.